The zero-order valence-electron chi connectivity index (χ0n) is 14.9. The highest BCUT2D eigenvalue weighted by Gasteiger charge is 2.31. The van der Waals surface area contributed by atoms with Crippen molar-refractivity contribution in [1.29, 1.82) is 0 Å². The van der Waals surface area contributed by atoms with Gasteiger partial charge in [-0.2, -0.15) is 5.10 Å². The molecule has 2 aliphatic rings. The number of rotatable bonds is 3. The van der Waals surface area contributed by atoms with E-state index in [1.54, 1.807) is 4.68 Å². The molecule has 132 valence electrons. The number of aromatic nitrogens is 3. The fraction of sp³-hybridized carbons (Fsp3) is 0.550. The molecule has 2 fully saturated rings. The van der Waals surface area contributed by atoms with E-state index < -0.39 is 0 Å². The number of carbonyl (C=O) groups is 1. The predicted octanol–water partition coefficient (Wildman–Crippen LogP) is 3.49. The summed E-state index contributed by atoms with van der Waals surface area (Å²) in [5, 5.41) is 4.38. The SMILES string of the molecule is Cn1ncc(C2CCC2)c1C(=O)N1CCCC(c2ccncc2)CC1. The second-order valence-corrected chi connectivity index (χ2v) is 7.40. The quantitative estimate of drug-likeness (QED) is 0.861. The van der Waals surface area contributed by atoms with Gasteiger partial charge in [0, 0.05) is 38.1 Å². The van der Waals surface area contributed by atoms with E-state index in [0.29, 0.717) is 11.8 Å². The molecule has 1 amide bonds. The lowest BCUT2D eigenvalue weighted by Crippen LogP contribution is -2.34. The minimum Gasteiger partial charge on any atom is -0.337 e. The van der Waals surface area contributed by atoms with Crippen LogP contribution < -0.4 is 0 Å². The summed E-state index contributed by atoms with van der Waals surface area (Å²) in [5.41, 5.74) is 3.32. The molecule has 2 aromatic heterocycles. The summed E-state index contributed by atoms with van der Waals surface area (Å²) in [5.74, 6) is 1.22. The van der Waals surface area contributed by atoms with Gasteiger partial charge in [-0.25, -0.2) is 0 Å². The summed E-state index contributed by atoms with van der Waals surface area (Å²) in [7, 11) is 1.90. The van der Waals surface area contributed by atoms with E-state index in [0.717, 1.165) is 43.6 Å². The Bertz CT molecular complexity index is 735. The van der Waals surface area contributed by atoms with Gasteiger partial charge in [-0.05, 0) is 61.6 Å². The summed E-state index contributed by atoms with van der Waals surface area (Å²) in [6, 6.07) is 4.22. The Balaban J connectivity index is 1.49. The largest absolute Gasteiger partial charge is 0.337 e. The van der Waals surface area contributed by atoms with Gasteiger partial charge >= 0.3 is 0 Å². The molecule has 1 unspecified atom stereocenters. The normalized spacial score (nSPS) is 21.6. The highest BCUT2D eigenvalue weighted by Crippen LogP contribution is 2.38. The Hall–Kier alpha value is -2.17. The van der Waals surface area contributed by atoms with Gasteiger partial charge in [-0.3, -0.25) is 14.5 Å². The molecule has 1 saturated heterocycles. The van der Waals surface area contributed by atoms with Crippen LogP contribution in [0.4, 0.5) is 0 Å². The summed E-state index contributed by atoms with van der Waals surface area (Å²) in [6.07, 6.45) is 12.5. The first-order chi connectivity index (χ1) is 12.2. The molecule has 0 N–H and O–H groups in total. The number of hydrogen-bond donors (Lipinski definition) is 0. The van der Waals surface area contributed by atoms with E-state index >= 15 is 0 Å². The fourth-order valence-corrected chi connectivity index (χ4v) is 4.15. The Labute approximate surface area is 149 Å². The van der Waals surface area contributed by atoms with Crippen molar-refractivity contribution in [3.63, 3.8) is 0 Å². The van der Waals surface area contributed by atoms with Crippen molar-refractivity contribution >= 4 is 5.91 Å². The zero-order chi connectivity index (χ0) is 17.2. The van der Waals surface area contributed by atoms with E-state index in [1.807, 2.05) is 30.5 Å². The Morgan fingerprint density at radius 3 is 2.52 bits per heavy atom. The molecule has 1 atom stereocenters. The maximum atomic E-state index is 13.2. The Morgan fingerprint density at radius 2 is 1.80 bits per heavy atom. The average molecular weight is 338 g/mol. The third-order valence-electron chi connectivity index (χ3n) is 5.91. The van der Waals surface area contributed by atoms with Crippen molar-refractivity contribution < 1.29 is 4.79 Å². The molecule has 25 heavy (non-hydrogen) atoms. The highest BCUT2D eigenvalue weighted by molar-refractivity contribution is 5.94. The molecule has 5 heteroatoms. The first kappa shape index (κ1) is 16.3. The van der Waals surface area contributed by atoms with E-state index in [-0.39, 0.29) is 5.91 Å². The topological polar surface area (TPSA) is 51.0 Å². The number of pyridine rings is 1. The first-order valence-corrected chi connectivity index (χ1v) is 9.45. The zero-order valence-corrected chi connectivity index (χ0v) is 14.9. The summed E-state index contributed by atoms with van der Waals surface area (Å²) >= 11 is 0. The van der Waals surface area contributed by atoms with Gasteiger partial charge in [-0.15, -0.1) is 0 Å². The summed E-state index contributed by atoms with van der Waals surface area (Å²) in [6.45, 7) is 1.66. The van der Waals surface area contributed by atoms with Crippen LogP contribution in [-0.4, -0.2) is 38.7 Å². The van der Waals surface area contributed by atoms with Gasteiger partial charge in [0.15, 0.2) is 0 Å². The molecule has 0 aromatic carbocycles. The summed E-state index contributed by atoms with van der Waals surface area (Å²) < 4.78 is 1.78. The van der Waals surface area contributed by atoms with Crippen molar-refractivity contribution in [2.75, 3.05) is 13.1 Å². The number of hydrogen-bond acceptors (Lipinski definition) is 3. The molecule has 0 bridgehead atoms. The second kappa shape index (κ2) is 6.98. The molecular formula is C20H26N4O. The van der Waals surface area contributed by atoms with Crippen molar-refractivity contribution in [2.45, 2.75) is 50.4 Å². The van der Waals surface area contributed by atoms with Gasteiger partial charge in [0.2, 0.25) is 0 Å². The molecule has 0 radical (unpaired) electrons. The van der Waals surface area contributed by atoms with Crippen LogP contribution in [0.2, 0.25) is 0 Å². The van der Waals surface area contributed by atoms with Gasteiger partial charge < -0.3 is 4.90 Å². The van der Waals surface area contributed by atoms with Crippen LogP contribution in [0.25, 0.3) is 0 Å². The van der Waals surface area contributed by atoms with Gasteiger partial charge in [0.05, 0.1) is 6.20 Å². The maximum Gasteiger partial charge on any atom is 0.272 e. The number of carbonyl (C=O) groups excluding carboxylic acids is 1. The van der Waals surface area contributed by atoms with Gasteiger partial charge in [0.1, 0.15) is 5.69 Å². The molecule has 0 spiro atoms. The lowest BCUT2D eigenvalue weighted by atomic mass is 9.80. The third-order valence-corrected chi connectivity index (χ3v) is 5.91. The summed E-state index contributed by atoms with van der Waals surface area (Å²) in [4.78, 5) is 19.4. The van der Waals surface area contributed by atoms with Crippen molar-refractivity contribution in [2.24, 2.45) is 7.05 Å². The van der Waals surface area contributed by atoms with Crippen LogP contribution in [0, 0.1) is 0 Å². The molecule has 1 aliphatic heterocycles. The smallest absolute Gasteiger partial charge is 0.272 e. The molecule has 1 saturated carbocycles. The Kier molecular flexibility index (Phi) is 4.55. The van der Waals surface area contributed by atoms with Crippen LogP contribution in [0.15, 0.2) is 30.7 Å². The number of likely N-dealkylation sites (tertiary alicyclic amines) is 1. The predicted molar refractivity (Wildman–Crippen MR) is 96.5 cm³/mol. The maximum absolute atomic E-state index is 13.2. The third kappa shape index (κ3) is 3.20. The standard InChI is InChI=1S/C20H26N4O/c1-23-19(18(14-22-23)17-4-2-5-17)20(25)24-12-3-6-15(9-13-24)16-7-10-21-11-8-16/h7-8,10-11,14-15,17H,2-6,9,12-13H2,1H3. The number of amides is 1. The fourth-order valence-electron chi connectivity index (χ4n) is 4.15. The van der Waals surface area contributed by atoms with Crippen LogP contribution in [0.1, 0.15) is 72.0 Å². The molecule has 3 heterocycles. The van der Waals surface area contributed by atoms with E-state index in [1.165, 1.54) is 24.8 Å². The molecule has 1 aliphatic carbocycles. The number of nitrogens with zero attached hydrogens (tertiary/aromatic N) is 4. The average Bonchev–Trinajstić information content (AvgIpc) is 2.82. The van der Waals surface area contributed by atoms with Gasteiger partial charge in [-0.1, -0.05) is 6.42 Å². The van der Waals surface area contributed by atoms with Crippen LogP contribution in [0.5, 0.6) is 0 Å². The van der Waals surface area contributed by atoms with Crippen LogP contribution in [0.3, 0.4) is 0 Å². The van der Waals surface area contributed by atoms with Crippen molar-refractivity contribution in [3.05, 3.63) is 47.5 Å². The lowest BCUT2D eigenvalue weighted by molar-refractivity contribution is 0.0747. The molecular weight excluding hydrogens is 312 g/mol. The van der Waals surface area contributed by atoms with Crippen molar-refractivity contribution in [1.82, 2.24) is 19.7 Å². The van der Waals surface area contributed by atoms with E-state index in [2.05, 4.69) is 22.2 Å². The number of aryl methyl sites for hydroxylation is 1. The lowest BCUT2D eigenvalue weighted by Gasteiger charge is -2.27. The molecule has 2 aromatic rings. The molecule has 5 nitrogen and oxygen atoms in total. The van der Waals surface area contributed by atoms with E-state index in [9.17, 15) is 4.79 Å². The van der Waals surface area contributed by atoms with Crippen LogP contribution in [-0.2, 0) is 7.05 Å². The van der Waals surface area contributed by atoms with Crippen LogP contribution >= 0.6 is 0 Å². The van der Waals surface area contributed by atoms with Gasteiger partial charge in [0.25, 0.3) is 5.91 Å². The minimum atomic E-state index is 0.164. The minimum absolute atomic E-state index is 0.164. The highest BCUT2D eigenvalue weighted by atomic mass is 16.2. The molecule has 4 rings (SSSR count). The first-order valence-electron chi connectivity index (χ1n) is 9.45. The Morgan fingerprint density at radius 1 is 1.04 bits per heavy atom. The monoisotopic (exact) mass is 338 g/mol. The van der Waals surface area contributed by atoms with E-state index in [4.69, 9.17) is 0 Å². The van der Waals surface area contributed by atoms with Crippen molar-refractivity contribution in [3.8, 4) is 0 Å². The second-order valence-electron chi connectivity index (χ2n) is 7.40.